The molecule has 0 atom stereocenters. The van der Waals surface area contributed by atoms with Crippen LogP contribution in [0.5, 0.6) is 0 Å². The van der Waals surface area contributed by atoms with E-state index in [1.165, 1.54) is 59.8 Å². The van der Waals surface area contributed by atoms with Gasteiger partial charge in [0.25, 0.3) is 10.0 Å². The summed E-state index contributed by atoms with van der Waals surface area (Å²) in [6.07, 6.45) is 3.03. The van der Waals surface area contributed by atoms with Crippen LogP contribution < -0.4 is 10.0 Å². The van der Waals surface area contributed by atoms with E-state index in [2.05, 4.69) is 30.4 Å². The molecule has 0 bridgehead atoms. The average Bonchev–Trinajstić information content (AvgIpc) is 3.27. The Bertz CT molecular complexity index is 924. The summed E-state index contributed by atoms with van der Waals surface area (Å²) >= 11 is 2.42. The Labute approximate surface area is 151 Å². The first kappa shape index (κ1) is 17.4. The van der Waals surface area contributed by atoms with Crippen molar-refractivity contribution in [1.82, 2.24) is 20.4 Å². The number of benzene rings is 1. The third-order valence-corrected chi connectivity index (χ3v) is 5.92. The number of thioether (sulfide) groups is 1. The summed E-state index contributed by atoms with van der Waals surface area (Å²) < 4.78 is 26.8. The van der Waals surface area contributed by atoms with Crippen molar-refractivity contribution in [3.8, 4) is 0 Å². The Morgan fingerprint density at radius 3 is 2.72 bits per heavy atom. The van der Waals surface area contributed by atoms with Crippen LogP contribution in [0.4, 0.5) is 10.8 Å². The molecule has 0 aliphatic carbocycles. The van der Waals surface area contributed by atoms with E-state index in [1.807, 2.05) is 0 Å². The number of carbonyl (C=O) groups is 1. The average molecular weight is 396 g/mol. The first-order valence-electron chi connectivity index (χ1n) is 6.84. The molecule has 0 fully saturated rings. The Morgan fingerprint density at radius 2 is 2.08 bits per heavy atom. The van der Waals surface area contributed by atoms with Gasteiger partial charge in [0.15, 0.2) is 5.13 Å². The highest BCUT2D eigenvalue weighted by Crippen LogP contribution is 2.20. The second-order valence-electron chi connectivity index (χ2n) is 4.61. The molecule has 12 heteroatoms. The van der Waals surface area contributed by atoms with Gasteiger partial charge in [0.2, 0.25) is 5.91 Å². The second-order valence-corrected chi connectivity index (χ2v) is 8.18. The quantitative estimate of drug-likeness (QED) is 0.519. The zero-order chi connectivity index (χ0) is 17.7. The fourth-order valence-electron chi connectivity index (χ4n) is 1.76. The van der Waals surface area contributed by atoms with Crippen LogP contribution in [0, 0.1) is 0 Å². The monoisotopic (exact) mass is 396 g/mol. The third-order valence-electron chi connectivity index (χ3n) is 2.85. The predicted molar refractivity (Wildman–Crippen MR) is 95.1 cm³/mol. The Balaban J connectivity index is 1.59. The molecule has 0 aliphatic heterocycles. The number of aromatic amines is 1. The normalized spacial score (nSPS) is 11.2. The minimum Gasteiger partial charge on any atom is -0.325 e. The van der Waals surface area contributed by atoms with E-state index in [4.69, 9.17) is 0 Å². The van der Waals surface area contributed by atoms with Gasteiger partial charge in [-0.25, -0.2) is 13.4 Å². The summed E-state index contributed by atoms with van der Waals surface area (Å²) in [4.78, 5) is 15.8. The lowest BCUT2D eigenvalue weighted by atomic mass is 10.3. The van der Waals surface area contributed by atoms with E-state index in [9.17, 15) is 13.2 Å². The largest absolute Gasteiger partial charge is 0.325 e. The predicted octanol–water partition coefficient (Wildman–Crippen LogP) is 1.79. The number of hydrogen-bond donors (Lipinski definition) is 3. The van der Waals surface area contributed by atoms with Gasteiger partial charge >= 0.3 is 0 Å². The molecule has 0 spiro atoms. The van der Waals surface area contributed by atoms with Crippen LogP contribution in [0.25, 0.3) is 0 Å². The van der Waals surface area contributed by atoms with Gasteiger partial charge in [-0.05, 0) is 24.3 Å². The summed E-state index contributed by atoms with van der Waals surface area (Å²) in [5, 5.41) is 15.2. The molecule has 0 aliphatic rings. The summed E-state index contributed by atoms with van der Waals surface area (Å²) in [7, 11) is -3.71. The van der Waals surface area contributed by atoms with Gasteiger partial charge < -0.3 is 5.32 Å². The maximum Gasteiger partial charge on any atom is 0.263 e. The van der Waals surface area contributed by atoms with Crippen molar-refractivity contribution in [3.05, 3.63) is 42.0 Å². The van der Waals surface area contributed by atoms with Crippen molar-refractivity contribution in [1.29, 1.82) is 0 Å². The molecule has 2 aromatic heterocycles. The number of nitrogens with zero attached hydrogens (tertiary/aromatic N) is 3. The zero-order valence-electron chi connectivity index (χ0n) is 12.5. The lowest BCUT2D eigenvalue weighted by Gasteiger charge is -2.07. The number of nitrogens with one attached hydrogen (secondary N) is 3. The Hall–Kier alpha value is -2.44. The van der Waals surface area contributed by atoms with Gasteiger partial charge in [0.1, 0.15) is 5.03 Å². The smallest absolute Gasteiger partial charge is 0.263 e. The van der Waals surface area contributed by atoms with E-state index >= 15 is 0 Å². The van der Waals surface area contributed by atoms with Crippen LogP contribution in [-0.2, 0) is 14.8 Å². The van der Waals surface area contributed by atoms with Crippen molar-refractivity contribution >= 4 is 49.8 Å². The number of aromatic nitrogens is 4. The van der Waals surface area contributed by atoms with Crippen molar-refractivity contribution in [2.45, 2.75) is 9.92 Å². The molecule has 0 saturated heterocycles. The van der Waals surface area contributed by atoms with E-state index in [1.54, 1.807) is 5.38 Å². The van der Waals surface area contributed by atoms with Crippen LogP contribution >= 0.6 is 23.1 Å². The third kappa shape index (κ3) is 4.78. The fraction of sp³-hybridized carbons (Fsp3) is 0.0769. The maximum atomic E-state index is 12.2. The van der Waals surface area contributed by atoms with Crippen LogP contribution in [0.3, 0.4) is 0 Å². The number of H-pyrrole nitrogens is 1. The molecular weight excluding hydrogens is 384 g/mol. The number of hydrogen-bond acceptors (Lipinski definition) is 8. The molecule has 0 saturated carbocycles. The molecule has 130 valence electrons. The molecule has 1 amide bonds. The molecule has 25 heavy (non-hydrogen) atoms. The zero-order valence-corrected chi connectivity index (χ0v) is 15.0. The van der Waals surface area contributed by atoms with Crippen molar-refractivity contribution in [2.24, 2.45) is 0 Å². The number of sulfonamides is 1. The highest BCUT2D eigenvalue weighted by Gasteiger charge is 2.15. The van der Waals surface area contributed by atoms with Gasteiger partial charge in [-0.2, -0.15) is 10.3 Å². The van der Waals surface area contributed by atoms with Crippen molar-refractivity contribution in [2.75, 3.05) is 15.8 Å². The molecule has 0 radical (unpaired) electrons. The van der Waals surface area contributed by atoms with Gasteiger partial charge in [0, 0.05) is 17.3 Å². The SMILES string of the molecule is O=C(CSc1cn[nH]n1)Nc1ccc(S(=O)(=O)Nc2nccs2)cc1. The van der Waals surface area contributed by atoms with Crippen LogP contribution in [0.2, 0.25) is 0 Å². The molecule has 2 heterocycles. The molecule has 3 rings (SSSR count). The number of anilines is 2. The van der Waals surface area contributed by atoms with E-state index in [0.29, 0.717) is 15.8 Å². The molecule has 0 unspecified atom stereocenters. The van der Waals surface area contributed by atoms with Crippen LogP contribution in [-0.4, -0.2) is 40.5 Å². The lowest BCUT2D eigenvalue weighted by molar-refractivity contribution is -0.113. The van der Waals surface area contributed by atoms with Crippen molar-refractivity contribution in [3.63, 3.8) is 0 Å². The summed E-state index contributed by atoms with van der Waals surface area (Å²) in [5.41, 5.74) is 0.499. The summed E-state index contributed by atoms with van der Waals surface area (Å²) in [6, 6.07) is 5.87. The van der Waals surface area contributed by atoms with Crippen LogP contribution in [0.1, 0.15) is 0 Å². The van der Waals surface area contributed by atoms with E-state index in [0.717, 1.165) is 0 Å². The van der Waals surface area contributed by atoms with E-state index in [-0.39, 0.29) is 16.6 Å². The standard InChI is InChI=1S/C13H12N6O3S3/c20-11(8-24-12-7-15-19-17-12)16-9-1-3-10(4-2-9)25(21,22)18-13-14-5-6-23-13/h1-7H,8H2,(H,14,18)(H,16,20)(H,15,17,19). The minimum atomic E-state index is -3.71. The molecule has 3 aromatic rings. The summed E-state index contributed by atoms with van der Waals surface area (Å²) in [6.45, 7) is 0. The second kappa shape index (κ2) is 7.63. The highest BCUT2D eigenvalue weighted by molar-refractivity contribution is 7.99. The highest BCUT2D eigenvalue weighted by atomic mass is 32.2. The Morgan fingerprint density at radius 1 is 1.28 bits per heavy atom. The number of carbonyl (C=O) groups excluding carboxylic acids is 1. The van der Waals surface area contributed by atoms with Gasteiger partial charge in [-0.3, -0.25) is 9.52 Å². The maximum absolute atomic E-state index is 12.2. The molecule has 3 N–H and O–H groups in total. The topological polar surface area (TPSA) is 130 Å². The number of amides is 1. The molecule has 9 nitrogen and oxygen atoms in total. The number of thiazole rings is 1. The minimum absolute atomic E-state index is 0.0812. The van der Waals surface area contributed by atoms with E-state index < -0.39 is 10.0 Å². The number of rotatable bonds is 7. The first-order valence-corrected chi connectivity index (χ1v) is 10.2. The van der Waals surface area contributed by atoms with Gasteiger partial charge in [0.05, 0.1) is 16.8 Å². The van der Waals surface area contributed by atoms with Gasteiger partial charge in [-0.1, -0.05) is 11.8 Å². The van der Waals surface area contributed by atoms with Gasteiger partial charge in [-0.15, -0.1) is 16.4 Å². The summed E-state index contributed by atoms with van der Waals surface area (Å²) in [5.74, 6) is -0.0671. The van der Waals surface area contributed by atoms with Crippen molar-refractivity contribution < 1.29 is 13.2 Å². The lowest BCUT2D eigenvalue weighted by Crippen LogP contribution is -2.15. The first-order chi connectivity index (χ1) is 12.0. The fourth-order valence-corrected chi connectivity index (χ4v) is 4.13. The Kier molecular flexibility index (Phi) is 5.31. The molecular formula is C13H12N6O3S3. The van der Waals surface area contributed by atoms with Crippen LogP contribution in [0.15, 0.2) is 52.0 Å². The molecule has 1 aromatic carbocycles.